The van der Waals surface area contributed by atoms with Crippen molar-refractivity contribution in [1.29, 1.82) is 0 Å². The quantitative estimate of drug-likeness (QED) is 0.721. The van der Waals surface area contributed by atoms with Crippen LogP contribution in [0.2, 0.25) is 0 Å². The maximum atomic E-state index is 13.4. The zero-order valence-electron chi connectivity index (χ0n) is 16.9. The van der Waals surface area contributed by atoms with E-state index in [-0.39, 0.29) is 18.2 Å². The first-order valence-electron chi connectivity index (χ1n) is 10.3. The second-order valence-corrected chi connectivity index (χ2v) is 8.03. The Labute approximate surface area is 174 Å². The van der Waals surface area contributed by atoms with Crippen LogP contribution in [-0.4, -0.2) is 58.8 Å². The predicted molar refractivity (Wildman–Crippen MR) is 108 cm³/mol. The molecule has 1 spiro atoms. The van der Waals surface area contributed by atoms with Crippen LogP contribution in [0, 0.1) is 0 Å². The highest BCUT2D eigenvalue weighted by molar-refractivity contribution is 5.89. The van der Waals surface area contributed by atoms with Crippen LogP contribution in [0.4, 0.5) is 5.95 Å². The zero-order chi connectivity index (χ0) is 20.7. The third-order valence-electron chi connectivity index (χ3n) is 6.42. The number of methoxy groups -OCH3 is 1. The van der Waals surface area contributed by atoms with E-state index in [4.69, 9.17) is 4.74 Å². The standard InChI is InChI=1S/C22H24N4O4/c1-29-19(27)16-13-23-21(24-14-16)25-11-9-22(10-12-25)20(28)26-17(7-8-18(26)30-22)15-5-3-2-4-6-15/h2-6,13-14,17-18H,7-12H2,1H3/t17-,18+/m0/s1. The number of esters is 1. The van der Waals surface area contributed by atoms with E-state index in [1.807, 2.05) is 28.0 Å². The summed E-state index contributed by atoms with van der Waals surface area (Å²) in [6, 6.07) is 10.3. The van der Waals surface area contributed by atoms with Crippen molar-refractivity contribution in [1.82, 2.24) is 14.9 Å². The van der Waals surface area contributed by atoms with E-state index in [0.717, 1.165) is 12.8 Å². The van der Waals surface area contributed by atoms with Gasteiger partial charge in [0, 0.05) is 38.3 Å². The number of nitrogens with zero attached hydrogens (tertiary/aromatic N) is 4. The molecule has 5 rings (SSSR count). The zero-order valence-corrected chi connectivity index (χ0v) is 16.9. The van der Waals surface area contributed by atoms with E-state index in [2.05, 4.69) is 26.8 Å². The van der Waals surface area contributed by atoms with Crippen LogP contribution in [0.1, 0.15) is 47.6 Å². The molecule has 3 aliphatic rings. The van der Waals surface area contributed by atoms with Gasteiger partial charge in [-0.05, 0) is 18.4 Å². The molecule has 0 unspecified atom stereocenters. The number of hydrogen-bond donors (Lipinski definition) is 0. The maximum absolute atomic E-state index is 13.4. The van der Waals surface area contributed by atoms with E-state index in [1.165, 1.54) is 25.1 Å². The summed E-state index contributed by atoms with van der Waals surface area (Å²) in [5, 5.41) is 0. The molecule has 0 N–H and O–H groups in total. The van der Waals surface area contributed by atoms with Crippen LogP contribution >= 0.6 is 0 Å². The molecule has 0 radical (unpaired) electrons. The van der Waals surface area contributed by atoms with E-state index in [0.29, 0.717) is 37.4 Å². The van der Waals surface area contributed by atoms with E-state index >= 15 is 0 Å². The molecule has 1 amide bonds. The summed E-state index contributed by atoms with van der Waals surface area (Å²) >= 11 is 0. The normalized spacial score (nSPS) is 24.9. The molecule has 3 saturated heterocycles. The SMILES string of the molecule is COC(=O)c1cnc(N2CCC3(CC2)O[C@@H]2CC[C@@H](c4ccccc4)N2C3=O)nc1. The molecule has 2 aromatic rings. The van der Waals surface area contributed by atoms with Crippen LogP contribution in [-0.2, 0) is 14.3 Å². The Balaban J connectivity index is 1.28. The smallest absolute Gasteiger partial charge is 0.341 e. The molecule has 3 fully saturated rings. The third kappa shape index (κ3) is 3.02. The lowest BCUT2D eigenvalue weighted by Crippen LogP contribution is -2.50. The number of ether oxygens (including phenoxy) is 2. The molecule has 3 aliphatic heterocycles. The number of piperidine rings is 1. The fraction of sp³-hybridized carbons (Fsp3) is 0.455. The average Bonchev–Trinajstić information content (AvgIpc) is 3.32. The van der Waals surface area contributed by atoms with Gasteiger partial charge in [0.15, 0.2) is 5.60 Å². The molecule has 8 nitrogen and oxygen atoms in total. The topological polar surface area (TPSA) is 84.9 Å². The summed E-state index contributed by atoms with van der Waals surface area (Å²) in [5.41, 5.74) is 0.739. The van der Waals surface area contributed by atoms with Crippen molar-refractivity contribution < 1.29 is 19.1 Å². The molecule has 30 heavy (non-hydrogen) atoms. The van der Waals surface area contributed by atoms with Gasteiger partial charge in [0.25, 0.3) is 5.91 Å². The number of hydrogen-bond acceptors (Lipinski definition) is 7. The van der Waals surface area contributed by atoms with Gasteiger partial charge in [0.1, 0.15) is 6.23 Å². The summed E-state index contributed by atoms with van der Waals surface area (Å²) in [4.78, 5) is 37.6. The lowest BCUT2D eigenvalue weighted by atomic mass is 9.89. The molecular weight excluding hydrogens is 384 g/mol. The fourth-order valence-electron chi connectivity index (χ4n) is 4.82. The summed E-state index contributed by atoms with van der Waals surface area (Å²) in [6.07, 6.45) is 5.81. The predicted octanol–water partition coefficient (Wildman–Crippen LogP) is 2.32. The van der Waals surface area contributed by atoms with Crippen LogP contribution < -0.4 is 4.90 Å². The van der Waals surface area contributed by atoms with Gasteiger partial charge >= 0.3 is 5.97 Å². The van der Waals surface area contributed by atoms with E-state index in [9.17, 15) is 9.59 Å². The molecule has 0 saturated carbocycles. The minimum atomic E-state index is -0.749. The van der Waals surface area contributed by atoms with Crippen molar-refractivity contribution in [2.45, 2.75) is 43.6 Å². The van der Waals surface area contributed by atoms with Crippen molar-refractivity contribution in [3.63, 3.8) is 0 Å². The first-order valence-corrected chi connectivity index (χ1v) is 10.3. The molecule has 8 heteroatoms. The monoisotopic (exact) mass is 408 g/mol. The largest absolute Gasteiger partial charge is 0.465 e. The van der Waals surface area contributed by atoms with Crippen LogP contribution in [0.5, 0.6) is 0 Å². The summed E-state index contributed by atoms with van der Waals surface area (Å²) in [7, 11) is 1.33. The number of rotatable bonds is 3. The maximum Gasteiger partial charge on any atom is 0.341 e. The molecule has 4 heterocycles. The van der Waals surface area contributed by atoms with Crippen molar-refractivity contribution >= 4 is 17.8 Å². The van der Waals surface area contributed by atoms with Crippen molar-refractivity contribution in [2.75, 3.05) is 25.1 Å². The number of carbonyl (C=O) groups excluding carboxylic acids is 2. The van der Waals surface area contributed by atoms with E-state index < -0.39 is 11.6 Å². The fourth-order valence-corrected chi connectivity index (χ4v) is 4.82. The number of carbonyl (C=O) groups is 2. The summed E-state index contributed by atoms with van der Waals surface area (Å²) in [5.74, 6) is 0.198. The summed E-state index contributed by atoms with van der Waals surface area (Å²) < 4.78 is 11.1. The number of aromatic nitrogens is 2. The summed E-state index contributed by atoms with van der Waals surface area (Å²) in [6.45, 7) is 1.25. The highest BCUT2D eigenvalue weighted by Crippen LogP contribution is 2.47. The molecule has 1 aromatic carbocycles. The van der Waals surface area contributed by atoms with Gasteiger partial charge < -0.3 is 19.3 Å². The number of fused-ring (bicyclic) bond motifs is 1. The van der Waals surface area contributed by atoms with Gasteiger partial charge in [-0.1, -0.05) is 30.3 Å². The molecule has 1 aromatic heterocycles. The Kier molecular flexibility index (Phi) is 4.66. The highest BCUT2D eigenvalue weighted by atomic mass is 16.6. The molecular formula is C22H24N4O4. The number of anilines is 1. The Morgan fingerprint density at radius 1 is 1.13 bits per heavy atom. The second kappa shape index (κ2) is 7.36. The van der Waals surface area contributed by atoms with Gasteiger partial charge in [0.2, 0.25) is 5.95 Å². The van der Waals surface area contributed by atoms with Gasteiger partial charge in [-0.2, -0.15) is 0 Å². The number of benzene rings is 1. The van der Waals surface area contributed by atoms with Crippen molar-refractivity contribution in [3.8, 4) is 0 Å². The highest BCUT2D eigenvalue weighted by Gasteiger charge is 2.58. The Morgan fingerprint density at radius 2 is 1.83 bits per heavy atom. The minimum Gasteiger partial charge on any atom is -0.465 e. The van der Waals surface area contributed by atoms with Gasteiger partial charge in [-0.15, -0.1) is 0 Å². The van der Waals surface area contributed by atoms with E-state index in [1.54, 1.807) is 0 Å². The average molecular weight is 408 g/mol. The van der Waals surface area contributed by atoms with Crippen molar-refractivity contribution in [3.05, 3.63) is 53.9 Å². The molecule has 2 atom stereocenters. The molecule has 156 valence electrons. The van der Waals surface area contributed by atoms with Gasteiger partial charge in [-0.3, -0.25) is 4.79 Å². The number of amides is 1. The first kappa shape index (κ1) is 19.0. The van der Waals surface area contributed by atoms with Crippen LogP contribution in [0.25, 0.3) is 0 Å². The van der Waals surface area contributed by atoms with Crippen LogP contribution in [0.3, 0.4) is 0 Å². The van der Waals surface area contributed by atoms with Crippen molar-refractivity contribution in [2.24, 2.45) is 0 Å². The molecule has 0 bridgehead atoms. The first-order chi connectivity index (χ1) is 14.6. The lowest BCUT2D eigenvalue weighted by molar-refractivity contribution is -0.140. The van der Waals surface area contributed by atoms with Gasteiger partial charge in [0.05, 0.1) is 18.7 Å². The Morgan fingerprint density at radius 3 is 2.50 bits per heavy atom. The van der Waals surface area contributed by atoms with Gasteiger partial charge in [-0.25, -0.2) is 14.8 Å². The molecule has 0 aliphatic carbocycles. The minimum absolute atomic E-state index is 0.0929. The lowest BCUT2D eigenvalue weighted by Gasteiger charge is -2.37. The van der Waals surface area contributed by atoms with Crippen LogP contribution in [0.15, 0.2) is 42.7 Å². The third-order valence-corrected chi connectivity index (χ3v) is 6.42. The Hall–Kier alpha value is -3.00. The Bertz CT molecular complexity index is 941. The second-order valence-electron chi connectivity index (χ2n) is 8.03.